The van der Waals surface area contributed by atoms with Gasteiger partial charge in [-0.25, -0.2) is 12.8 Å². The van der Waals surface area contributed by atoms with Crippen molar-refractivity contribution in [3.05, 3.63) is 84.2 Å². The number of likely N-dealkylation sites (N-methyl/N-ethyl adjacent to an activating group) is 1. The van der Waals surface area contributed by atoms with Crippen LogP contribution in [0.25, 0.3) is 0 Å². The molecule has 0 saturated heterocycles. The fraction of sp³-hybridized carbons (Fsp3) is 0.259. The summed E-state index contributed by atoms with van der Waals surface area (Å²) in [6.07, 6.45) is -1.01. The van der Waals surface area contributed by atoms with Gasteiger partial charge in [-0.2, -0.15) is 4.31 Å². The van der Waals surface area contributed by atoms with Gasteiger partial charge in [0.1, 0.15) is 22.2 Å². The lowest BCUT2D eigenvalue weighted by Crippen LogP contribution is -2.53. The molecule has 0 aromatic heterocycles. The molecule has 1 aliphatic rings. The molecule has 0 spiro atoms. The summed E-state index contributed by atoms with van der Waals surface area (Å²) in [6, 6.07) is 19.2. The molecule has 9 nitrogen and oxygen atoms in total. The maximum atomic E-state index is 13.9. The quantitative estimate of drug-likeness (QED) is 0.447. The summed E-state index contributed by atoms with van der Waals surface area (Å²) in [4.78, 5) is 27.4. The minimum absolute atomic E-state index is 0.0378. The molecule has 3 aromatic carbocycles. The number of para-hydroxylation sites is 2. The van der Waals surface area contributed by atoms with Crippen molar-refractivity contribution < 1.29 is 31.9 Å². The molecule has 0 unspecified atom stereocenters. The van der Waals surface area contributed by atoms with Gasteiger partial charge in [0, 0.05) is 13.1 Å². The van der Waals surface area contributed by atoms with Crippen LogP contribution >= 0.6 is 0 Å². The minimum Gasteiger partial charge on any atom is -0.495 e. The fourth-order valence-corrected chi connectivity index (χ4v) is 5.67. The SMILES string of the molecule is CCN(CC(=O)N1C[C@@H](C(=O)NCc2ccccc2)Oc2ccccc21)S(=O)(=O)c1cc(F)ccc1OC. The predicted octanol–water partition coefficient (Wildman–Crippen LogP) is 2.96. The van der Waals surface area contributed by atoms with E-state index in [1.165, 1.54) is 18.1 Å². The van der Waals surface area contributed by atoms with Gasteiger partial charge >= 0.3 is 0 Å². The van der Waals surface area contributed by atoms with Crippen molar-refractivity contribution in [2.75, 3.05) is 31.6 Å². The molecule has 2 amide bonds. The Kier molecular flexibility index (Phi) is 8.28. The number of carbonyl (C=O) groups excluding carboxylic acids is 2. The van der Waals surface area contributed by atoms with E-state index in [2.05, 4.69) is 5.32 Å². The Morgan fingerprint density at radius 1 is 1.11 bits per heavy atom. The number of halogens is 1. The van der Waals surface area contributed by atoms with Crippen molar-refractivity contribution >= 4 is 27.5 Å². The van der Waals surface area contributed by atoms with Gasteiger partial charge in [-0.15, -0.1) is 0 Å². The first-order valence-corrected chi connectivity index (χ1v) is 13.4. The lowest BCUT2D eigenvalue weighted by Gasteiger charge is -2.35. The Morgan fingerprint density at radius 2 is 1.82 bits per heavy atom. The maximum absolute atomic E-state index is 13.9. The lowest BCUT2D eigenvalue weighted by atomic mass is 10.1. The highest BCUT2D eigenvalue weighted by atomic mass is 32.2. The molecule has 11 heteroatoms. The van der Waals surface area contributed by atoms with Crippen LogP contribution in [0.2, 0.25) is 0 Å². The number of nitrogens with zero attached hydrogens (tertiary/aromatic N) is 2. The monoisotopic (exact) mass is 541 g/mol. The van der Waals surface area contributed by atoms with E-state index in [-0.39, 0.29) is 30.3 Å². The number of anilines is 1. The highest BCUT2D eigenvalue weighted by Gasteiger charge is 2.36. The largest absolute Gasteiger partial charge is 0.495 e. The third-order valence-electron chi connectivity index (χ3n) is 6.08. The van der Waals surface area contributed by atoms with E-state index < -0.39 is 40.3 Å². The van der Waals surface area contributed by atoms with Crippen molar-refractivity contribution in [3.8, 4) is 11.5 Å². The number of hydrogen-bond acceptors (Lipinski definition) is 6. The van der Waals surface area contributed by atoms with E-state index in [9.17, 15) is 22.4 Å². The first-order chi connectivity index (χ1) is 18.2. The molecule has 0 saturated carbocycles. The summed E-state index contributed by atoms with van der Waals surface area (Å²) in [5.74, 6) is -1.44. The summed E-state index contributed by atoms with van der Waals surface area (Å²) in [5, 5.41) is 2.82. The summed E-state index contributed by atoms with van der Waals surface area (Å²) < 4.78 is 52.6. The first-order valence-electron chi connectivity index (χ1n) is 12.0. The van der Waals surface area contributed by atoms with Crippen LogP contribution in [-0.2, 0) is 26.2 Å². The molecule has 0 bridgehead atoms. The molecular weight excluding hydrogens is 513 g/mol. The van der Waals surface area contributed by atoms with E-state index >= 15 is 0 Å². The second kappa shape index (κ2) is 11.6. The zero-order chi connectivity index (χ0) is 27.3. The van der Waals surface area contributed by atoms with Gasteiger partial charge in [-0.05, 0) is 35.9 Å². The predicted molar refractivity (Wildman–Crippen MR) is 139 cm³/mol. The van der Waals surface area contributed by atoms with Crippen LogP contribution in [0, 0.1) is 5.82 Å². The number of sulfonamides is 1. The maximum Gasteiger partial charge on any atom is 0.263 e. The van der Waals surface area contributed by atoms with Crippen LogP contribution in [0.15, 0.2) is 77.7 Å². The molecule has 38 heavy (non-hydrogen) atoms. The van der Waals surface area contributed by atoms with Crippen LogP contribution in [0.4, 0.5) is 10.1 Å². The Bertz CT molecular complexity index is 1420. The van der Waals surface area contributed by atoms with Gasteiger partial charge in [0.05, 0.1) is 25.9 Å². The Hall–Kier alpha value is -3.96. The van der Waals surface area contributed by atoms with E-state index in [1.807, 2.05) is 30.3 Å². The van der Waals surface area contributed by atoms with Crippen molar-refractivity contribution in [2.24, 2.45) is 0 Å². The van der Waals surface area contributed by atoms with E-state index in [1.54, 1.807) is 31.2 Å². The van der Waals surface area contributed by atoms with Gasteiger partial charge in [-0.3, -0.25) is 9.59 Å². The summed E-state index contributed by atoms with van der Waals surface area (Å²) in [7, 11) is -3.01. The molecule has 4 rings (SSSR count). The number of carbonyl (C=O) groups is 2. The van der Waals surface area contributed by atoms with Crippen molar-refractivity contribution in [3.63, 3.8) is 0 Å². The number of amides is 2. The van der Waals surface area contributed by atoms with Gasteiger partial charge in [0.2, 0.25) is 15.9 Å². The topological polar surface area (TPSA) is 105 Å². The number of ether oxygens (including phenoxy) is 2. The van der Waals surface area contributed by atoms with E-state index in [0.29, 0.717) is 11.4 Å². The molecule has 1 atom stereocenters. The second-order valence-electron chi connectivity index (χ2n) is 8.51. The third-order valence-corrected chi connectivity index (χ3v) is 8.03. The molecule has 200 valence electrons. The number of fused-ring (bicyclic) bond motifs is 1. The Morgan fingerprint density at radius 3 is 2.53 bits per heavy atom. The Balaban J connectivity index is 1.55. The zero-order valence-corrected chi connectivity index (χ0v) is 21.8. The molecule has 3 aromatic rings. The molecule has 1 N–H and O–H groups in total. The molecule has 0 fully saturated rings. The average molecular weight is 542 g/mol. The van der Waals surface area contributed by atoms with Crippen LogP contribution in [0.5, 0.6) is 11.5 Å². The molecule has 1 aliphatic heterocycles. The Labute approximate surface area is 220 Å². The summed E-state index contributed by atoms with van der Waals surface area (Å²) in [5.41, 5.74) is 1.32. The molecule has 0 aliphatic carbocycles. The number of rotatable bonds is 9. The lowest BCUT2D eigenvalue weighted by molar-refractivity contribution is -0.128. The third kappa shape index (κ3) is 5.79. The van der Waals surface area contributed by atoms with Crippen molar-refractivity contribution in [2.45, 2.75) is 24.5 Å². The van der Waals surface area contributed by atoms with Gasteiger partial charge in [0.15, 0.2) is 6.10 Å². The van der Waals surface area contributed by atoms with Crippen LogP contribution in [0.3, 0.4) is 0 Å². The molecule has 0 radical (unpaired) electrons. The first kappa shape index (κ1) is 27.1. The van der Waals surface area contributed by atoms with E-state index in [0.717, 1.165) is 22.0 Å². The molecular formula is C27H28FN3O6S. The van der Waals surface area contributed by atoms with Crippen LogP contribution < -0.4 is 19.7 Å². The van der Waals surface area contributed by atoms with E-state index in [4.69, 9.17) is 9.47 Å². The standard InChI is InChI=1S/C27H28FN3O6S/c1-3-30(38(34,35)25-15-20(28)13-14-23(25)36-2)18-26(32)31-17-24(37-22-12-8-7-11-21(22)31)27(33)29-16-19-9-5-4-6-10-19/h4-15,24H,3,16-18H2,1-2H3,(H,29,33)/t24-/m0/s1. The number of methoxy groups -OCH3 is 1. The highest BCUT2D eigenvalue weighted by Crippen LogP contribution is 2.34. The van der Waals surface area contributed by atoms with Gasteiger partial charge < -0.3 is 19.7 Å². The minimum atomic E-state index is -4.29. The van der Waals surface area contributed by atoms with Gasteiger partial charge in [-0.1, -0.05) is 49.4 Å². The summed E-state index contributed by atoms with van der Waals surface area (Å²) in [6.45, 7) is 1.15. The summed E-state index contributed by atoms with van der Waals surface area (Å²) >= 11 is 0. The highest BCUT2D eigenvalue weighted by molar-refractivity contribution is 7.89. The van der Waals surface area contributed by atoms with Crippen LogP contribution in [-0.4, -0.2) is 57.4 Å². The normalized spacial score (nSPS) is 14.9. The van der Waals surface area contributed by atoms with Crippen LogP contribution in [0.1, 0.15) is 12.5 Å². The van der Waals surface area contributed by atoms with Gasteiger partial charge in [0.25, 0.3) is 5.91 Å². The molecule has 1 heterocycles. The van der Waals surface area contributed by atoms with Crippen molar-refractivity contribution in [1.29, 1.82) is 0 Å². The number of hydrogen-bond donors (Lipinski definition) is 1. The fourth-order valence-electron chi connectivity index (χ4n) is 4.10. The smallest absolute Gasteiger partial charge is 0.263 e. The number of benzene rings is 3. The number of nitrogens with one attached hydrogen (secondary N) is 1. The van der Waals surface area contributed by atoms with Crippen molar-refractivity contribution in [1.82, 2.24) is 9.62 Å². The average Bonchev–Trinajstić information content (AvgIpc) is 2.94. The zero-order valence-electron chi connectivity index (χ0n) is 21.0. The second-order valence-corrected chi connectivity index (χ2v) is 10.4.